The van der Waals surface area contributed by atoms with Gasteiger partial charge in [-0.05, 0) is 24.3 Å². The molecule has 11 heteroatoms. The maximum Gasteiger partial charge on any atom is 0.389 e. The molecule has 1 heterocycles. The second-order valence-electron chi connectivity index (χ2n) is 9.02. The highest BCUT2D eigenvalue weighted by Crippen LogP contribution is 2.24. The highest BCUT2D eigenvalue weighted by atomic mass is 19.4. The molecule has 0 aliphatic rings. The number of hydrogen-bond donors (Lipinski definition) is 4. The average molecular weight is 473 g/mol. The Morgan fingerprint density at radius 3 is 2.42 bits per heavy atom. The zero-order valence-electron chi connectivity index (χ0n) is 18.9. The largest absolute Gasteiger partial charge is 0.394 e. The number of rotatable bonds is 10. The van der Waals surface area contributed by atoms with Crippen molar-refractivity contribution >= 4 is 22.7 Å². The number of carbonyl (C=O) groups is 2. The van der Waals surface area contributed by atoms with Crippen LogP contribution in [0.15, 0.2) is 24.3 Å². The molecule has 0 saturated carbocycles. The predicted molar refractivity (Wildman–Crippen MR) is 116 cm³/mol. The first-order valence-electron chi connectivity index (χ1n) is 10.7. The molecular formula is C22H31F3N4O4. The number of aliphatic hydroxyl groups is 2. The summed E-state index contributed by atoms with van der Waals surface area (Å²) in [4.78, 5) is 25.7. The molecule has 2 unspecified atom stereocenters. The molecule has 2 aromatic rings. The van der Waals surface area contributed by atoms with E-state index in [1.54, 1.807) is 45.0 Å². The first-order chi connectivity index (χ1) is 15.3. The van der Waals surface area contributed by atoms with Crippen LogP contribution in [0.4, 0.5) is 13.2 Å². The number of carbonyl (C=O) groups excluding carboxylic acids is 2. The van der Waals surface area contributed by atoms with Crippen LogP contribution in [-0.4, -0.2) is 63.3 Å². The van der Waals surface area contributed by atoms with E-state index in [4.69, 9.17) is 5.11 Å². The number of halogens is 3. The highest BCUT2D eigenvalue weighted by Gasteiger charge is 2.34. The van der Waals surface area contributed by atoms with Crippen molar-refractivity contribution in [3.63, 3.8) is 0 Å². The van der Waals surface area contributed by atoms with Gasteiger partial charge in [0.15, 0.2) is 5.69 Å². The molecule has 2 atom stereocenters. The zero-order chi connectivity index (χ0) is 24.8. The number of nitrogens with one attached hydrogen (secondary N) is 2. The van der Waals surface area contributed by atoms with Crippen LogP contribution < -0.4 is 10.6 Å². The third kappa shape index (κ3) is 7.71. The topological polar surface area (TPSA) is 116 Å². The summed E-state index contributed by atoms with van der Waals surface area (Å²) in [5.41, 5.74) is -0.00350. The van der Waals surface area contributed by atoms with Crippen LogP contribution in [0.5, 0.6) is 0 Å². The first kappa shape index (κ1) is 26.6. The van der Waals surface area contributed by atoms with E-state index in [9.17, 15) is 27.9 Å². The Morgan fingerprint density at radius 1 is 1.15 bits per heavy atom. The fraction of sp³-hybridized carbons (Fsp3) is 0.591. The van der Waals surface area contributed by atoms with E-state index in [1.165, 1.54) is 4.68 Å². The molecule has 0 aliphatic heterocycles. The lowest BCUT2D eigenvalue weighted by atomic mass is 9.86. The van der Waals surface area contributed by atoms with Gasteiger partial charge in [-0.15, -0.1) is 0 Å². The monoisotopic (exact) mass is 472 g/mol. The number of hydrogen-bond acceptors (Lipinski definition) is 5. The van der Waals surface area contributed by atoms with Crippen molar-refractivity contribution in [1.29, 1.82) is 0 Å². The fourth-order valence-electron chi connectivity index (χ4n) is 3.31. The first-order valence-corrected chi connectivity index (χ1v) is 10.7. The summed E-state index contributed by atoms with van der Waals surface area (Å²) >= 11 is 0. The number of unbranched alkanes of at least 4 members (excludes halogenated alkanes) is 1. The number of aromatic nitrogens is 2. The number of fused-ring (bicyclic) bond motifs is 1. The number of benzene rings is 1. The van der Waals surface area contributed by atoms with Gasteiger partial charge in [-0.3, -0.25) is 14.3 Å². The van der Waals surface area contributed by atoms with Gasteiger partial charge in [-0.1, -0.05) is 39.0 Å². The molecule has 1 aromatic carbocycles. The Morgan fingerprint density at radius 2 is 1.82 bits per heavy atom. The van der Waals surface area contributed by atoms with Crippen molar-refractivity contribution in [2.24, 2.45) is 5.41 Å². The van der Waals surface area contributed by atoms with Gasteiger partial charge in [-0.2, -0.15) is 18.3 Å². The van der Waals surface area contributed by atoms with Gasteiger partial charge in [0.2, 0.25) is 5.91 Å². The SMILES string of the molecule is CC(C)(C)C(NC(=O)c1nn(CCCCC(F)(F)F)c2ccccc12)C(=O)NCC(O)CO. The summed E-state index contributed by atoms with van der Waals surface area (Å²) in [7, 11) is 0. The van der Waals surface area contributed by atoms with Crippen molar-refractivity contribution in [3.8, 4) is 0 Å². The molecule has 33 heavy (non-hydrogen) atoms. The highest BCUT2D eigenvalue weighted by molar-refractivity contribution is 6.06. The Balaban J connectivity index is 2.20. The van der Waals surface area contributed by atoms with Gasteiger partial charge in [0.1, 0.15) is 6.04 Å². The average Bonchev–Trinajstić information content (AvgIpc) is 3.10. The van der Waals surface area contributed by atoms with Gasteiger partial charge < -0.3 is 20.8 Å². The van der Waals surface area contributed by atoms with Gasteiger partial charge in [-0.25, -0.2) is 0 Å². The second-order valence-corrected chi connectivity index (χ2v) is 9.02. The van der Waals surface area contributed by atoms with Crippen LogP contribution in [0.3, 0.4) is 0 Å². The molecule has 0 radical (unpaired) electrons. The molecule has 2 rings (SSSR count). The van der Waals surface area contributed by atoms with E-state index < -0.39 is 48.6 Å². The molecular weight excluding hydrogens is 441 g/mol. The van der Waals surface area contributed by atoms with Gasteiger partial charge in [0, 0.05) is 24.9 Å². The predicted octanol–water partition coefficient (Wildman–Crippen LogP) is 2.38. The maximum absolute atomic E-state index is 13.1. The van der Waals surface area contributed by atoms with E-state index in [0.717, 1.165) is 0 Å². The van der Waals surface area contributed by atoms with Crippen LogP contribution in [0.25, 0.3) is 10.9 Å². The number of nitrogens with zero attached hydrogens (tertiary/aromatic N) is 2. The Bertz CT molecular complexity index is 953. The van der Waals surface area contributed by atoms with E-state index in [-0.39, 0.29) is 31.6 Å². The minimum absolute atomic E-state index is 0.0504. The van der Waals surface area contributed by atoms with Crippen molar-refractivity contribution in [2.75, 3.05) is 13.2 Å². The van der Waals surface area contributed by atoms with Crippen molar-refractivity contribution < 1.29 is 33.0 Å². The van der Waals surface area contributed by atoms with Crippen LogP contribution in [0.2, 0.25) is 0 Å². The molecule has 0 aliphatic carbocycles. The van der Waals surface area contributed by atoms with Gasteiger partial charge in [0.25, 0.3) is 5.91 Å². The van der Waals surface area contributed by atoms with E-state index >= 15 is 0 Å². The summed E-state index contributed by atoms with van der Waals surface area (Å²) in [6.45, 7) is 4.81. The smallest absolute Gasteiger partial charge is 0.389 e. The molecule has 0 bridgehead atoms. The van der Waals surface area contributed by atoms with Crippen LogP contribution in [-0.2, 0) is 11.3 Å². The third-order valence-electron chi connectivity index (χ3n) is 5.08. The van der Waals surface area contributed by atoms with Gasteiger partial charge >= 0.3 is 6.18 Å². The summed E-state index contributed by atoms with van der Waals surface area (Å²) in [6, 6.07) is 5.92. The summed E-state index contributed by atoms with van der Waals surface area (Å²) in [5.74, 6) is -1.13. The standard InChI is InChI=1S/C22H31F3N4O4/c1-21(2,3)18(20(33)26-12-14(31)13-30)27-19(32)17-15-8-4-5-9-16(15)29(28-17)11-7-6-10-22(23,24)25/h4-5,8-9,14,18,30-31H,6-7,10-13H2,1-3H3,(H,26,33)(H,27,32). The summed E-state index contributed by atoms with van der Waals surface area (Å²) in [5, 5.41) is 28.4. The quantitative estimate of drug-likeness (QED) is 0.396. The van der Waals surface area contributed by atoms with Crippen molar-refractivity contribution in [1.82, 2.24) is 20.4 Å². The van der Waals surface area contributed by atoms with E-state index in [2.05, 4.69) is 15.7 Å². The lowest BCUT2D eigenvalue weighted by Gasteiger charge is -2.30. The molecule has 2 amide bonds. The van der Waals surface area contributed by atoms with E-state index in [0.29, 0.717) is 10.9 Å². The minimum Gasteiger partial charge on any atom is -0.394 e. The Kier molecular flexibility index (Phi) is 8.84. The van der Waals surface area contributed by atoms with E-state index in [1.807, 2.05) is 0 Å². The Labute approximate surface area is 190 Å². The van der Waals surface area contributed by atoms with Crippen molar-refractivity contribution in [2.45, 2.75) is 64.9 Å². The summed E-state index contributed by atoms with van der Waals surface area (Å²) < 4.78 is 38.7. The Hall–Kier alpha value is -2.66. The van der Waals surface area contributed by atoms with Gasteiger partial charge in [0.05, 0.1) is 18.2 Å². The normalized spacial score (nSPS) is 14.2. The molecule has 0 fully saturated rings. The van der Waals surface area contributed by atoms with Crippen LogP contribution in [0.1, 0.15) is 50.5 Å². The van der Waals surface area contributed by atoms with Crippen LogP contribution >= 0.6 is 0 Å². The molecule has 4 N–H and O–H groups in total. The number of alkyl halides is 3. The minimum atomic E-state index is -4.22. The zero-order valence-corrected chi connectivity index (χ0v) is 18.9. The lowest BCUT2D eigenvalue weighted by molar-refractivity contribution is -0.135. The second kappa shape index (κ2) is 11.0. The molecule has 0 saturated heterocycles. The van der Waals surface area contributed by atoms with Crippen LogP contribution in [0, 0.1) is 5.41 Å². The van der Waals surface area contributed by atoms with Crippen molar-refractivity contribution in [3.05, 3.63) is 30.0 Å². The molecule has 1 aromatic heterocycles. The maximum atomic E-state index is 13.1. The summed E-state index contributed by atoms with van der Waals surface area (Å²) in [6.07, 6.45) is -6.03. The molecule has 8 nitrogen and oxygen atoms in total. The molecule has 0 spiro atoms. The number of para-hydroxylation sites is 1. The third-order valence-corrected chi connectivity index (χ3v) is 5.08. The fourth-order valence-corrected chi connectivity index (χ4v) is 3.31. The lowest BCUT2D eigenvalue weighted by Crippen LogP contribution is -2.54. The number of aryl methyl sites for hydroxylation is 1. The number of amides is 2. The number of aliphatic hydroxyl groups excluding tert-OH is 2. The molecule has 184 valence electrons.